The zero-order valence-electron chi connectivity index (χ0n) is 17.3. The highest BCUT2D eigenvalue weighted by atomic mass is 16.1. The first-order chi connectivity index (χ1) is 15.1. The first-order valence-electron chi connectivity index (χ1n) is 10.0. The zero-order chi connectivity index (χ0) is 21.4. The van der Waals surface area contributed by atoms with Crippen LogP contribution in [0.3, 0.4) is 0 Å². The van der Waals surface area contributed by atoms with E-state index < -0.39 is 0 Å². The van der Waals surface area contributed by atoms with Gasteiger partial charge in [0.1, 0.15) is 17.2 Å². The van der Waals surface area contributed by atoms with Gasteiger partial charge in [0.15, 0.2) is 0 Å². The number of aromatic nitrogens is 4. The molecule has 5 rings (SSSR count). The highest BCUT2D eigenvalue weighted by Crippen LogP contribution is 2.29. The Morgan fingerprint density at radius 3 is 2.52 bits per heavy atom. The number of pyridine rings is 1. The van der Waals surface area contributed by atoms with Gasteiger partial charge >= 0.3 is 0 Å². The summed E-state index contributed by atoms with van der Waals surface area (Å²) in [5.41, 5.74) is 5.86. The Bertz CT molecular complexity index is 1400. The molecule has 31 heavy (non-hydrogen) atoms. The second-order valence-corrected chi connectivity index (χ2v) is 7.46. The van der Waals surface area contributed by atoms with E-state index in [2.05, 4.69) is 10.4 Å². The van der Waals surface area contributed by atoms with Gasteiger partial charge in [-0.2, -0.15) is 5.10 Å². The molecular formula is C25H21N5O. The highest BCUT2D eigenvalue weighted by molar-refractivity contribution is 6.06. The maximum atomic E-state index is 13.3. The highest BCUT2D eigenvalue weighted by Gasteiger charge is 2.18. The van der Waals surface area contributed by atoms with Crippen molar-refractivity contribution in [3.05, 3.63) is 96.3 Å². The van der Waals surface area contributed by atoms with E-state index in [-0.39, 0.29) is 5.91 Å². The summed E-state index contributed by atoms with van der Waals surface area (Å²) in [6, 6.07) is 23.3. The van der Waals surface area contributed by atoms with E-state index in [4.69, 9.17) is 4.98 Å². The van der Waals surface area contributed by atoms with E-state index in [1.807, 2.05) is 104 Å². The molecule has 1 N–H and O–H groups in total. The number of carbonyl (C=O) groups is 1. The van der Waals surface area contributed by atoms with Gasteiger partial charge in [-0.05, 0) is 42.8 Å². The number of imidazole rings is 1. The Balaban J connectivity index is 1.56. The lowest BCUT2D eigenvalue weighted by atomic mass is 10.0. The summed E-state index contributed by atoms with van der Waals surface area (Å²) in [7, 11) is 1.88. The number of aryl methyl sites for hydroxylation is 2. The van der Waals surface area contributed by atoms with Crippen LogP contribution >= 0.6 is 0 Å². The molecule has 0 saturated heterocycles. The van der Waals surface area contributed by atoms with Gasteiger partial charge in [-0.1, -0.05) is 42.5 Å². The van der Waals surface area contributed by atoms with Crippen LogP contribution in [0.5, 0.6) is 0 Å². The normalized spacial score (nSPS) is 11.0. The van der Waals surface area contributed by atoms with Crippen LogP contribution in [0.25, 0.3) is 28.2 Å². The summed E-state index contributed by atoms with van der Waals surface area (Å²) in [6.07, 6.45) is 3.80. The van der Waals surface area contributed by atoms with Crippen LogP contribution in [0.15, 0.2) is 85.2 Å². The molecule has 0 saturated carbocycles. The minimum atomic E-state index is -0.194. The van der Waals surface area contributed by atoms with Crippen LogP contribution in [0.1, 0.15) is 15.9 Å². The average Bonchev–Trinajstić information content (AvgIpc) is 3.38. The van der Waals surface area contributed by atoms with E-state index in [9.17, 15) is 4.79 Å². The van der Waals surface area contributed by atoms with Crippen molar-refractivity contribution in [3.8, 4) is 22.5 Å². The lowest BCUT2D eigenvalue weighted by Crippen LogP contribution is -2.14. The molecule has 3 aromatic heterocycles. The summed E-state index contributed by atoms with van der Waals surface area (Å²) in [4.78, 5) is 18.0. The van der Waals surface area contributed by atoms with E-state index in [1.165, 1.54) is 0 Å². The molecule has 1 amide bonds. The molecule has 0 fully saturated rings. The van der Waals surface area contributed by atoms with Gasteiger partial charge < -0.3 is 5.32 Å². The van der Waals surface area contributed by atoms with E-state index in [1.54, 1.807) is 4.68 Å². The van der Waals surface area contributed by atoms with Crippen LogP contribution in [0, 0.1) is 6.92 Å². The van der Waals surface area contributed by atoms with Crippen molar-refractivity contribution in [2.45, 2.75) is 6.92 Å². The number of carbonyl (C=O) groups excluding carboxylic acids is 1. The first-order valence-corrected chi connectivity index (χ1v) is 10.0. The number of benzene rings is 2. The SMILES string of the molecule is Cc1ccc(C(=O)Nc2c(-c3ccccc3)nc3ccccn23)cc1-c1ccn(C)n1. The fourth-order valence-corrected chi connectivity index (χ4v) is 3.69. The van der Waals surface area contributed by atoms with E-state index >= 15 is 0 Å². The van der Waals surface area contributed by atoms with Gasteiger partial charge in [-0.25, -0.2) is 4.98 Å². The summed E-state index contributed by atoms with van der Waals surface area (Å²) >= 11 is 0. The first kappa shape index (κ1) is 18.8. The van der Waals surface area contributed by atoms with Crippen LogP contribution in [-0.4, -0.2) is 25.1 Å². The fourth-order valence-electron chi connectivity index (χ4n) is 3.69. The molecule has 6 nitrogen and oxygen atoms in total. The summed E-state index contributed by atoms with van der Waals surface area (Å²) in [6.45, 7) is 2.02. The summed E-state index contributed by atoms with van der Waals surface area (Å²) in [5, 5.41) is 7.57. The van der Waals surface area contributed by atoms with Gasteiger partial charge in [0, 0.05) is 36.1 Å². The second-order valence-electron chi connectivity index (χ2n) is 7.46. The Morgan fingerprint density at radius 2 is 1.74 bits per heavy atom. The summed E-state index contributed by atoms with van der Waals surface area (Å²) < 4.78 is 3.65. The van der Waals surface area contributed by atoms with E-state index in [0.29, 0.717) is 11.4 Å². The second kappa shape index (κ2) is 7.57. The molecule has 5 aromatic rings. The van der Waals surface area contributed by atoms with Crippen molar-refractivity contribution in [3.63, 3.8) is 0 Å². The number of amides is 1. The minimum absolute atomic E-state index is 0.194. The van der Waals surface area contributed by atoms with Crippen molar-refractivity contribution in [2.24, 2.45) is 7.05 Å². The molecule has 6 heteroatoms. The van der Waals surface area contributed by atoms with Crippen molar-refractivity contribution in [1.82, 2.24) is 19.2 Å². The third kappa shape index (κ3) is 3.48. The number of hydrogen-bond donors (Lipinski definition) is 1. The molecule has 2 aromatic carbocycles. The molecule has 0 radical (unpaired) electrons. The molecule has 0 atom stereocenters. The number of anilines is 1. The number of hydrogen-bond acceptors (Lipinski definition) is 3. The van der Waals surface area contributed by atoms with Gasteiger partial charge in [0.05, 0.1) is 5.69 Å². The monoisotopic (exact) mass is 407 g/mol. The Kier molecular flexibility index (Phi) is 4.59. The largest absolute Gasteiger partial charge is 0.306 e. The van der Waals surface area contributed by atoms with Gasteiger partial charge in [-0.15, -0.1) is 0 Å². The van der Waals surface area contributed by atoms with Crippen molar-refractivity contribution in [2.75, 3.05) is 5.32 Å². The predicted octanol–water partition coefficient (Wildman–Crippen LogP) is 4.96. The predicted molar refractivity (Wildman–Crippen MR) is 122 cm³/mol. The smallest absolute Gasteiger partial charge is 0.256 e. The lowest BCUT2D eigenvalue weighted by molar-refractivity contribution is 0.102. The zero-order valence-corrected chi connectivity index (χ0v) is 17.3. The molecule has 0 aliphatic carbocycles. The number of nitrogens with one attached hydrogen (secondary N) is 1. The third-order valence-corrected chi connectivity index (χ3v) is 5.30. The molecule has 0 bridgehead atoms. The van der Waals surface area contributed by atoms with Crippen molar-refractivity contribution >= 4 is 17.4 Å². The Labute approximate surface area is 179 Å². The fraction of sp³-hybridized carbons (Fsp3) is 0.0800. The Morgan fingerprint density at radius 1 is 0.935 bits per heavy atom. The average molecular weight is 407 g/mol. The van der Waals surface area contributed by atoms with Crippen LogP contribution in [-0.2, 0) is 7.05 Å². The van der Waals surface area contributed by atoms with Crippen LogP contribution in [0.4, 0.5) is 5.82 Å². The Hall–Kier alpha value is -4.19. The van der Waals surface area contributed by atoms with Gasteiger partial charge in [0.2, 0.25) is 0 Å². The van der Waals surface area contributed by atoms with Crippen LogP contribution < -0.4 is 5.32 Å². The number of fused-ring (bicyclic) bond motifs is 1. The number of nitrogens with zero attached hydrogens (tertiary/aromatic N) is 4. The maximum absolute atomic E-state index is 13.3. The molecule has 152 valence electrons. The van der Waals surface area contributed by atoms with Crippen molar-refractivity contribution in [1.29, 1.82) is 0 Å². The van der Waals surface area contributed by atoms with Crippen LogP contribution in [0.2, 0.25) is 0 Å². The molecule has 0 aliphatic heterocycles. The van der Waals surface area contributed by atoms with Gasteiger partial charge in [0.25, 0.3) is 5.91 Å². The van der Waals surface area contributed by atoms with Crippen molar-refractivity contribution < 1.29 is 4.79 Å². The quantitative estimate of drug-likeness (QED) is 0.458. The molecule has 0 unspecified atom stereocenters. The molecule has 0 aliphatic rings. The lowest BCUT2D eigenvalue weighted by Gasteiger charge is -2.10. The maximum Gasteiger partial charge on any atom is 0.256 e. The van der Waals surface area contributed by atoms with E-state index in [0.717, 1.165) is 33.7 Å². The topological polar surface area (TPSA) is 64.2 Å². The number of rotatable bonds is 4. The molecule has 3 heterocycles. The molecular weight excluding hydrogens is 386 g/mol. The molecule has 0 spiro atoms. The minimum Gasteiger partial charge on any atom is -0.306 e. The standard InChI is InChI=1S/C25H21N5O/c1-17-11-12-19(16-20(17)21-13-15-29(2)28-21)25(31)27-24-23(18-8-4-3-5-9-18)26-22-10-6-7-14-30(22)24/h3-16H,1-2H3,(H,27,31). The third-order valence-electron chi connectivity index (χ3n) is 5.30. The summed E-state index contributed by atoms with van der Waals surface area (Å²) in [5.74, 6) is 0.451. The van der Waals surface area contributed by atoms with Gasteiger partial charge in [-0.3, -0.25) is 13.9 Å².